The predicted octanol–water partition coefficient (Wildman–Crippen LogP) is -1.28. The number of nitrogens with two attached hydrogens (primary N) is 1. The largest absolute Gasteiger partial charge is 0.480 e. The van der Waals surface area contributed by atoms with Gasteiger partial charge in [0.05, 0.1) is 6.10 Å². The van der Waals surface area contributed by atoms with Crippen LogP contribution in [0.3, 0.4) is 0 Å². The molecule has 6 N–H and O–H groups in total. The molecule has 0 aliphatic carbocycles. The molecule has 0 radical (unpaired) electrons. The highest BCUT2D eigenvalue weighted by molar-refractivity contribution is 7.80. The number of hydrogen-bond donors (Lipinski definition) is 6. The first-order valence-electron chi connectivity index (χ1n) is 9.73. The van der Waals surface area contributed by atoms with Gasteiger partial charge in [0, 0.05) is 12.3 Å². The van der Waals surface area contributed by atoms with Crippen molar-refractivity contribution in [2.75, 3.05) is 12.3 Å². The Bertz CT molecular complexity index is 617. The molecule has 1 fully saturated rings. The van der Waals surface area contributed by atoms with Gasteiger partial charge in [0.15, 0.2) is 0 Å². The van der Waals surface area contributed by atoms with Gasteiger partial charge in [0.2, 0.25) is 17.7 Å². The second-order valence-corrected chi connectivity index (χ2v) is 7.77. The van der Waals surface area contributed by atoms with Gasteiger partial charge >= 0.3 is 5.97 Å². The fourth-order valence-corrected chi connectivity index (χ4v) is 3.36. The third-order valence-electron chi connectivity index (χ3n) is 5.23. The molecule has 1 heterocycles. The van der Waals surface area contributed by atoms with Crippen molar-refractivity contribution >= 4 is 36.3 Å². The first kappa shape index (κ1) is 25.2. The Morgan fingerprint density at radius 2 is 1.86 bits per heavy atom. The molecule has 0 aromatic carbocycles. The number of aliphatic hydroxyl groups excluding tert-OH is 1. The zero-order valence-electron chi connectivity index (χ0n) is 17.0. The van der Waals surface area contributed by atoms with Crippen LogP contribution in [0.2, 0.25) is 0 Å². The van der Waals surface area contributed by atoms with E-state index in [1.807, 2.05) is 6.92 Å². The van der Waals surface area contributed by atoms with Gasteiger partial charge in [-0.2, -0.15) is 12.6 Å². The molecule has 0 aromatic rings. The van der Waals surface area contributed by atoms with Crippen molar-refractivity contribution in [1.29, 1.82) is 0 Å². The number of nitrogens with zero attached hydrogens (tertiary/aromatic N) is 1. The Morgan fingerprint density at radius 3 is 2.34 bits per heavy atom. The first-order chi connectivity index (χ1) is 13.5. The van der Waals surface area contributed by atoms with Gasteiger partial charge in [-0.05, 0) is 25.7 Å². The van der Waals surface area contributed by atoms with Crippen molar-refractivity contribution in [1.82, 2.24) is 15.5 Å². The number of carboxylic acid groups (broad SMARTS) is 1. The maximum absolute atomic E-state index is 12.9. The van der Waals surface area contributed by atoms with E-state index in [9.17, 15) is 29.4 Å². The van der Waals surface area contributed by atoms with Crippen LogP contribution in [-0.4, -0.2) is 81.4 Å². The number of carboxylic acids is 1. The van der Waals surface area contributed by atoms with Crippen LogP contribution in [0.4, 0.5) is 0 Å². The predicted molar refractivity (Wildman–Crippen MR) is 109 cm³/mol. The van der Waals surface area contributed by atoms with Gasteiger partial charge in [-0.15, -0.1) is 0 Å². The molecule has 1 rings (SSSR count). The highest BCUT2D eigenvalue weighted by Gasteiger charge is 2.39. The Labute approximate surface area is 176 Å². The molecular formula is C18H32N4O6S. The summed E-state index contributed by atoms with van der Waals surface area (Å²) >= 11 is 4.10. The number of rotatable bonds is 10. The number of likely N-dealkylation sites (tertiary alicyclic amines) is 1. The van der Waals surface area contributed by atoms with Gasteiger partial charge in [-0.3, -0.25) is 14.4 Å². The third kappa shape index (κ3) is 6.58. The molecule has 6 unspecified atom stereocenters. The molecule has 0 saturated carbocycles. The molecule has 3 amide bonds. The van der Waals surface area contributed by atoms with E-state index in [1.54, 1.807) is 6.92 Å². The van der Waals surface area contributed by atoms with Crippen LogP contribution < -0.4 is 16.4 Å². The van der Waals surface area contributed by atoms with E-state index in [4.69, 9.17) is 5.73 Å². The second-order valence-electron chi connectivity index (χ2n) is 7.41. The van der Waals surface area contributed by atoms with Crippen molar-refractivity contribution < 1.29 is 29.4 Å². The topological polar surface area (TPSA) is 162 Å². The number of carbonyl (C=O) groups excluding carboxylic acids is 3. The number of aliphatic hydroxyl groups is 1. The molecule has 6 atom stereocenters. The Balaban J connectivity index is 2.87. The summed E-state index contributed by atoms with van der Waals surface area (Å²) in [4.78, 5) is 50.5. The summed E-state index contributed by atoms with van der Waals surface area (Å²) in [6.07, 6.45) is 0.447. The first-order valence-corrected chi connectivity index (χ1v) is 10.4. The van der Waals surface area contributed by atoms with Gasteiger partial charge in [-0.25, -0.2) is 4.79 Å². The molecule has 29 heavy (non-hydrogen) atoms. The summed E-state index contributed by atoms with van der Waals surface area (Å²) in [6, 6.07) is -4.09. The zero-order valence-corrected chi connectivity index (χ0v) is 17.9. The molecule has 1 aliphatic rings. The maximum atomic E-state index is 12.9. The number of hydrogen-bond acceptors (Lipinski definition) is 7. The Hall–Kier alpha value is -1.85. The summed E-state index contributed by atoms with van der Waals surface area (Å²) in [5.41, 5.74) is 5.59. The normalized spacial score (nSPS) is 21.6. The minimum absolute atomic E-state index is 0.0213. The van der Waals surface area contributed by atoms with Crippen molar-refractivity contribution in [2.24, 2.45) is 11.7 Å². The molecule has 166 valence electrons. The molecule has 10 nitrogen and oxygen atoms in total. The van der Waals surface area contributed by atoms with Crippen molar-refractivity contribution in [2.45, 2.75) is 70.3 Å². The Morgan fingerprint density at radius 1 is 1.24 bits per heavy atom. The van der Waals surface area contributed by atoms with Crippen molar-refractivity contribution in [3.8, 4) is 0 Å². The van der Waals surface area contributed by atoms with Gasteiger partial charge < -0.3 is 31.5 Å². The summed E-state index contributed by atoms with van der Waals surface area (Å²) in [7, 11) is 0. The standard InChI is InChI=1S/C18H32N4O6S/c1-4-9(2)14(18(27)28)21-15(24)12-6-5-7-22(12)17(26)11(8-29)20-16(25)13(19)10(3)23/h9-14,23,29H,4-8,19H2,1-3H3,(H,20,25)(H,21,24)(H,27,28). The van der Waals surface area contributed by atoms with Gasteiger partial charge in [-0.1, -0.05) is 20.3 Å². The molecule has 1 aliphatic heterocycles. The number of thiol groups is 1. The molecule has 0 spiro atoms. The van der Waals surface area contributed by atoms with Crippen LogP contribution in [0.5, 0.6) is 0 Å². The second kappa shape index (κ2) is 11.4. The van der Waals surface area contributed by atoms with E-state index in [0.29, 0.717) is 25.8 Å². The lowest BCUT2D eigenvalue weighted by atomic mass is 9.98. The minimum Gasteiger partial charge on any atom is -0.480 e. The number of amides is 3. The lowest BCUT2D eigenvalue weighted by Crippen LogP contribution is -2.58. The van der Waals surface area contributed by atoms with Crippen LogP contribution in [0, 0.1) is 5.92 Å². The van der Waals surface area contributed by atoms with Gasteiger partial charge in [0.1, 0.15) is 24.2 Å². The fourth-order valence-electron chi connectivity index (χ4n) is 3.11. The van der Waals surface area contributed by atoms with Crippen LogP contribution >= 0.6 is 12.6 Å². The van der Waals surface area contributed by atoms with E-state index < -0.39 is 54.0 Å². The van der Waals surface area contributed by atoms with E-state index in [1.165, 1.54) is 11.8 Å². The average Bonchev–Trinajstić information content (AvgIpc) is 3.17. The van der Waals surface area contributed by atoms with E-state index in [2.05, 4.69) is 23.3 Å². The minimum atomic E-state index is -1.20. The molecule has 0 aromatic heterocycles. The highest BCUT2D eigenvalue weighted by atomic mass is 32.1. The summed E-state index contributed by atoms with van der Waals surface area (Å²) < 4.78 is 0. The van der Waals surface area contributed by atoms with E-state index in [0.717, 1.165) is 0 Å². The van der Waals surface area contributed by atoms with Crippen LogP contribution in [0.25, 0.3) is 0 Å². The lowest BCUT2D eigenvalue weighted by Gasteiger charge is -2.30. The quantitative estimate of drug-likeness (QED) is 0.234. The van der Waals surface area contributed by atoms with Crippen molar-refractivity contribution in [3.63, 3.8) is 0 Å². The maximum Gasteiger partial charge on any atom is 0.326 e. The van der Waals surface area contributed by atoms with Gasteiger partial charge in [0.25, 0.3) is 0 Å². The summed E-state index contributed by atoms with van der Waals surface area (Å²) in [5.74, 6) is -3.15. The molecule has 1 saturated heterocycles. The van der Waals surface area contributed by atoms with E-state index >= 15 is 0 Å². The zero-order chi connectivity index (χ0) is 22.3. The summed E-state index contributed by atoms with van der Waals surface area (Å²) in [5, 5.41) is 23.8. The van der Waals surface area contributed by atoms with Crippen LogP contribution in [0.15, 0.2) is 0 Å². The Kier molecular flexibility index (Phi) is 9.87. The highest BCUT2D eigenvalue weighted by Crippen LogP contribution is 2.20. The van der Waals surface area contributed by atoms with Crippen LogP contribution in [-0.2, 0) is 19.2 Å². The van der Waals surface area contributed by atoms with Crippen molar-refractivity contribution in [3.05, 3.63) is 0 Å². The average molecular weight is 433 g/mol. The molecule has 0 bridgehead atoms. The monoisotopic (exact) mass is 432 g/mol. The third-order valence-corrected chi connectivity index (χ3v) is 5.60. The van der Waals surface area contributed by atoms with E-state index in [-0.39, 0.29) is 11.7 Å². The number of carbonyl (C=O) groups is 4. The lowest BCUT2D eigenvalue weighted by molar-refractivity contribution is -0.145. The summed E-state index contributed by atoms with van der Waals surface area (Å²) in [6.45, 7) is 5.23. The molecular weight excluding hydrogens is 400 g/mol. The number of aliphatic carboxylic acids is 1. The van der Waals surface area contributed by atoms with Crippen LogP contribution in [0.1, 0.15) is 40.0 Å². The molecule has 11 heteroatoms. The fraction of sp³-hybridized carbons (Fsp3) is 0.778. The smallest absolute Gasteiger partial charge is 0.326 e. The number of nitrogens with one attached hydrogen (secondary N) is 2. The SMILES string of the molecule is CCC(C)C(NC(=O)C1CCCN1C(=O)C(CS)NC(=O)C(N)C(C)O)C(=O)O.